The van der Waals surface area contributed by atoms with Crippen LogP contribution in [0.5, 0.6) is 0 Å². The second kappa shape index (κ2) is 7.30. The number of aliphatic hydroxyl groups excluding tert-OH is 1. The van der Waals surface area contributed by atoms with Gasteiger partial charge in [0, 0.05) is 6.42 Å². The van der Waals surface area contributed by atoms with Crippen molar-refractivity contribution in [1.29, 1.82) is 0 Å². The molecule has 0 aliphatic carbocycles. The highest BCUT2D eigenvalue weighted by Crippen LogP contribution is 2.19. The minimum atomic E-state index is -1.21. The van der Waals surface area contributed by atoms with Gasteiger partial charge >= 0.3 is 0 Å². The van der Waals surface area contributed by atoms with Gasteiger partial charge in [-0.3, -0.25) is 0 Å². The van der Waals surface area contributed by atoms with E-state index >= 15 is 0 Å². The SMILES string of the molecule is CCCCC(C[C@@H](C)O)=N[S+]([O-])C(C)(C)C. The summed E-state index contributed by atoms with van der Waals surface area (Å²) < 4.78 is 15.8. The summed E-state index contributed by atoms with van der Waals surface area (Å²) >= 11 is -1.21. The molecule has 96 valence electrons. The van der Waals surface area contributed by atoms with Gasteiger partial charge in [-0.25, -0.2) is 0 Å². The fraction of sp³-hybridized carbons (Fsp3) is 0.917. The third kappa shape index (κ3) is 7.25. The normalized spacial score (nSPS) is 17.3. The Kier molecular flexibility index (Phi) is 7.27. The van der Waals surface area contributed by atoms with Crippen LogP contribution in [-0.2, 0) is 11.4 Å². The van der Waals surface area contributed by atoms with Crippen LogP contribution in [0.25, 0.3) is 0 Å². The number of unbranched alkanes of at least 4 members (excludes halogenated alkanes) is 1. The predicted molar refractivity (Wildman–Crippen MR) is 71.2 cm³/mol. The summed E-state index contributed by atoms with van der Waals surface area (Å²) in [5, 5.41) is 9.36. The molecule has 2 atom stereocenters. The molecule has 0 aromatic heterocycles. The predicted octanol–water partition coefficient (Wildman–Crippen LogP) is 2.85. The lowest BCUT2D eigenvalue weighted by atomic mass is 10.1. The van der Waals surface area contributed by atoms with Crippen LogP contribution in [0.15, 0.2) is 4.40 Å². The Bertz CT molecular complexity index is 222. The summed E-state index contributed by atoms with van der Waals surface area (Å²) in [4.78, 5) is 0. The third-order valence-corrected chi connectivity index (χ3v) is 3.56. The smallest absolute Gasteiger partial charge is 0.144 e. The summed E-state index contributed by atoms with van der Waals surface area (Å²) in [5.41, 5.74) is 0.880. The Morgan fingerprint density at radius 1 is 1.44 bits per heavy atom. The van der Waals surface area contributed by atoms with E-state index in [9.17, 15) is 9.66 Å². The van der Waals surface area contributed by atoms with E-state index < -0.39 is 17.5 Å². The van der Waals surface area contributed by atoms with Crippen LogP contribution < -0.4 is 0 Å². The van der Waals surface area contributed by atoms with Gasteiger partial charge in [-0.2, -0.15) is 0 Å². The van der Waals surface area contributed by atoms with Crippen molar-refractivity contribution in [2.75, 3.05) is 0 Å². The fourth-order valence-electron chi connectivity index (χ4n) is 1.16. The van der Waals surface area contributed by atoms with Gasteiger partial charge in [0.2, 0.25) is 0 Å². The number of hydrogen-bond acceptors (Lipinski definition) is 3. The molecule has 0 aliphatic heterocycles. The molecule has 1 N–H and O–H groups in total. The molecule has 0 saturated carbocycles. The van der Waals surface area contributed by atoms with Gasteiger partial charge in [-0.1, -0.05) is 17.7 Å². The summed E-state index contributed by atoms with van der Waals surface area (Å²) in [5.74, 6) is 0. The molecule has 0 fully saturated rings. The molecule has 0 spiro atoms. The average Bonchev–Trinajstić information content (AvgIpc) is 2.11. The molecule has 0 aliphatic rings. The maximum Gasteiger partial charge on any atom is 0.144 e. The maximum atomic E-state index is 11.9. The molecule has 0 radical (unpaired) electrons. The molecular formula is C12H25NO2S. The highest BCUT2D eigenvalue weighted by Gasteiger charge is 2.27. The lowest BCUT2D eigenvalue weighted by molar-refractivity contribution is 0.202. The Balaban J connectivity index is 4.53. The van der Waals surface area contributed by atoms with E-state index in [0.29, 0.717) is 6.42 Å². The molecule has 3 nitrogen and oxygen atoms in total. The fourth-order valence-corrected chi connectivity index (χ4v) is 1.84. The highest BCUT2D eigenvalue weighted by atomic mass is 32.2. The van der Waals surface area contributed by atoms with Gasteiger partial charge in [0.25, 0.3) is 0 Å². The molecule has 0 amide bonds. The lowest BCUT2D eigenvalue weighted by Gasteiger charge is -2.19. The van der Waals surface area contributed by atoms with Crippen LogP contribution in [0.3, 0.4) is 0 Å². The van der Waals surface area contributed by atoms with E-state index in [-0.39, 0.29) is 4.75 Å². The summed E-state index contributed by atoms with van der Waals surface area (Å²) in [6.07, 6.45) is 3.08. The van der Waals surface area contributed by atoms with Crippen molar-refractivity contribution in [3.8, 4) is 0 Å². The van der Waals surface area contributed by atoms with Crippen molar-refractivity contribution in [2.24, 2.45) is 4.40 Å². The topological polar surface area (TPSA) is 55.7 Å². The molecule has 16 heavy (non-hydrogen) atoms. The van der Waals surface area contributed by atoms with E-state index in [4.69, 9.17) is 0 Å². The standard InChI is InChI=1S/C12H25NO2S/c1-6-7-8-11(9-10(2)14)13-16(15)12(3,4)5/h10,14H,6-9H2,1-5H3/t10-,16?/m1/s1. The Morgan fingerprint density at radius 3 is 2.38 bits per heavy atom. The number of nitrogens with zero attached hydrogens (tertiary/aromatic N) is 1. The van der Waals surface area contributed by atoms with Crippen LogP contribution in [-0.4, -0.2) is 26.2 Å². The summed E-state index contributed by atoms with van der Waals surface area (Å²) in [7, 11) is 0. The summed E-state index contributed by atoms with van der Waals surface area (Å²) in [6.45, 7) is 9.58. The van der Waals surface area contributed by atoms with E-state index in [1.807, 2.05) is 20.8 Å². The zero-order valence-electron chi connectivity index (χ0n) is 11.1. The molecule has 0 rings (SSSR count). The largest absolute Gasteiger partial charge is 0.591 e. The maximum absolute atomic E-state index is 11.9. The van der Waals surface area contributed by atoms with E-state index in [1.165, 1.54) is 0 Å². The van der Waals surface area contributed by atoms with E-state index in [2.05, 4.69) is 11.3 Å². The summed E-state index contributed by atoms with van der Waals surface area (Å²) in [6, 6.07) is 0. The van der Waals surface area contributed by atoms with Crippen molar-refractivity contribution >= 4 is 17.1 Å². The molecule has 0 aromatic carbocycles. The van der Waals surface area contributed by atoms with Crippen LogP contribution in [0, 0.1) is 0 Å². The minimum absolute atomic E-state index is 0.323. The van der Waals surface area contributed by atoms with Crippen molar-refractivity contribution < 1.29 is 9.66 Å². The van der Waals surface area contributed by atoms with Crippen LogP contribution in [0.4, 0.5) is 0 Å². The van der Waals surface area contributed by atoms with Gasteiger partial charge in [-0.15, -0.1) is 0 Å². The van der Waals surface area contributed by atoms with E-state index in [0.717, 1.165) is 25.0 Å². The first kappa shape index (κ1) is 15.9. The Hall–Kier alpha value is -0.0600. The number of rotatable bonds is 6. The minimum Gasteiger partial charge on any atom is -0.591 e. The average molecular weight is 247 g/mol. The van der Waals surface area contributed by atoms with Gasteiger partial charge in [0.05, 0.1) is 11.8 Å². The van der Waals surface area contributed by atoms with E-state index in [1.54, 1.807) is 6.92 Å². The van der Waals surface area contributed by atoms with Gasteiger partial charge in [0.15, 0.2) is 0 Å². The van der Waals surface area contributed by atoms with Crippen molar-refractivity contribution in [2.45, 2.75) is 71.2 Å². The lowest BCUT2D eigenvalue weighted by Crippen LogP contribution is -2.27. The second-order valence-electron chi connectivity index (χ2n) is 5.18. The van der Waals surface area contributed by atoms with Crippen LogP contribution in [0.2, 0.25) is 0 Å². The zero-order valence-corrected chi connectivity index (χ0v) is 11.9. The van der Waals surface area contributed by atoms with Gasteiger partial charge < -0.3 is 9.66 Å². The number of aliphatic hydroxyl groups is 1. The van der Waals surface area contributed by atoms with Gasteiger partial charge in [-0.05, 0) is 40.5 Å². The Labute approximate surface area is 103 Å². The molecule has 0 aromatic rings. The first-order chi connectivity index (χ1) is 7.27. The monoisotopic (exact) mass is 247 g/mol. The van der Waals surface area contributed by atoms with Crippen molar-refractivity contribution in [3.63, 3.8) is 0 Å². The van der Waals surface area contributed by atoms with Gasteiger partial charge in [0.1, 0.15) is 16.1 Å². The molecule has 0 bridgehead atoms. The first-order valence-electron chi connectivity index (χ1n) is 5.93. The third-order valence-electron chi connectivity index (χ3n) is 2.09. The molecule has 1 unspecified atom stereocenters. The zero-order chi connectivity index (χ0) is 12.8. The molecule has 0 saturated heterocycles. The second-order valence-corrected chi connectivity index (χ2v) is 7.08. The molecule has 0 heterocycles. The first-order valence-corrected chi connectivity index (χ1v) is 7.04. The Morgan fingerprint density at radius 2 is 2.00 bits per heavy atom. The number of hydrogen-bond donors (Lipinski definition) is 1. The van der Waals surface area contributed by atoms with Crippen LogP contribution in [0.1, 0.15) is 60.3 Å². The quantitative estimate of drug-likeness (QED) is 0.579. The molecule has 4 heteroatoms. The highest BCUT2D eigenvalue weighted by molar-refractivity contribution is 7.91. The van der Waals surface area contributed by atoms with Crippen molar-refractivity contribution in [1.82, 2.24) is 0 Å². The molecular weight excluding hydrogens is 222 g/mol. The van der Waals surface area contributed by atoms with Crippen LogP contribution >= 0.6 is 0 Å². The van der Waals surface area contributed by atoms with Crippen molar-refractivity contribution in [3.05, 3.63) is 0 Å².